The zero-order chi connectivity index (χ0) is 23.3. The number of aromatic nitrogens is 5. The summed E-state index contributed by atoms with van der Waals surface area (Å²) in [6, 6.07) is 12.8. The van der Waals surface area contributed by atoms with Gasteiger partial charge in [0.1, 0.15) is 11.5 Å². The number of aryl methyl sites for hydroxylation is 3. The predicted molar refractivity (Wildman–Crippen MR) is 124 cm³/mol. The highest BCUT2D eigenvalue weighted by atomic mass is 32.2. The van der Waals surface area contributed by atoms with E-state index in [1.165, 1.54) is 7.05 Å². The van der Waals surface area contributed by atoms with E-state index in [1.54, 1.807) is 30.7 Å². The van der Waals surface area contributed by atoms with Crippen LogP contribution in [0.25, 0.3) is 39.4 Å². The first-order valence-electron chi connectivity index (χ1n) is 10.3. The average Bonchev–Trinajstić information content (AvgIpc) is 3.49. The zero-order valence-corrected chi connectivity index (χ0v) is 19.4. The van der Waals surface area contributed by atoms with Crippen LogP contribution in [-0.4, -0.2) is 39.7 Å². The first kappa shape index (κ1) is 21.1. The summed E-state index contributed by atoms with van der Waals surface area (Å²) in [7, 11) is -0.340. The molecule has 0 aliphatic heterocycles. The van der Waals surface area contributed by atoms with Crippen LogP contribution in [0.2, 0.25) is 0 Å². The topological polar surface area (TPSA) is 108 Å². The zero-order valence-electron chi connectivity index (χ0n) is 18.6. The van der Waals surface area contributed by atoms with E-state index in [1.807, 2.05) is 54.3 Å². The van der Waals surface area contributed by atoms with Gasteiger partial charge in [-0.05, 0) is 56.8 Å². The van der Waals surface area contributed by atoms with Gasteiger partial charge in [-0.3, -0.25) is 4.57 Å². The van der Waals surface area contributed by atoms with Gasteiger partial charge in [-0.2, -0.15) is 0 Å². The Bertz CT molecular complexity index is 1590. The lowest BCUT2D eigenvalue weighted by Crippen LogP contribution is -2.18. The number of fused-ring (bicyclic) bond motifs is 1. The maximum Gasteiger partial charge on any atom is 0.240 e. The molecule has 168 valence electrons. The minimum Gasteiger partial charge on any atom is -0.361 e. The van der Waals surface area contributed by atoms with Crippen molar-refractivity contribution >= 4 is 21.1 Å². The Hall–Kier alpha value is -3.76. The van der Waals surface area contributed by atoms with E-state index in [4.69, 9.17) is 9.51 Å². The van der Waals surface area contributed by atoms with Crippen LogP contribution in [0.15, 0.2) is 64.4 Å². The number of hydrogen-bond donors (Lipinski definition) is 1. The van der Waals surface area contributed by atoms with Gasteiger partial charge in [-0.15, -0.1) is 0 Å². The summed E-state index contributed by atoms with van der Waals surface area (Å²) in [5.74, 6) is 1.38. The van der Waals surface area contributed by atoms with Gasteiger partial charge in [0.25, 0.3) is 0 Å². The molecule has 10 heteroatoms. The predicted octanol–water partition coefficient (Wildman–Crippen LogP) is 3.61. The Balaban J connectivity index is 1.82. The lowest BCUT2D eigenvalue weighted by molar-refractivity contribution is 0.393. The standard InChI is InChI=1S/C23H22N6O3S/c1-14-22(15(2)32-27-14)16-6-5-7-17(10-16)29-20-11-18(33(30,31)24-3)8-9-19(20)26-23(29)21-12-25-13-28(21)4/h5-13,24H,1-4H3. The molecule has 0 saturated heterocycles. The quantitative estimate of drug-likeness (QED) is 0.428. The molecule has 0 radical (unpaired) electrons. The normalized spacial score (nSPS) is 12.0. The number of rotatable bonds is 5. The fourth-order valence-electron chi connectivity index (χ4n) is 4.04. The molecule has 2 aromatic carbocycles. The molecule has 0 unspecified atom stereocenters. The molecule has 0 saturated carbocycles. The van der Waals surface area contributed by atoms with E-state index in [0.29, 0.717) is 16.9 Å². The fourth-order valence-corrected chi connectivity index (χ4v) is 4.79. The monoisotopic (exact) mass is 462 g/mol. The number of hydrogen-bond acceptors (Lipinski definition) is 6. The van der Waals surface area contributed by atoms with E-state index in [9.17, 15) is 8.42 Å². The maximum absolute atomic E-state index is 12.5. The van der Waals surface area contributed by atoms with Crippen LogP contribution in [-0.2, 0) is 17.1 Å². The summed E-state index contributed by atoms with van der Waals surface area (Å²) < 4.78 is 36.5. The van der Waals surface area contributed by atoms with Crippen LogP contribution in [0.3, 0.4) is 0 Å². The van der Waals surface area contributed by atoms with E-state index in [2.05, 4.69) is 14.9 Å². The molecule has 5 aromatic rings. The SMILES string of the molecule is CNS(=O)(=O)c1ccc2nc(-c3cncn3C)n(-c3cccc(-c4c(C)noc4C)c3)c2c1. The minimum absolute atomic E-state index is 0.164. The molecule has 9 nitrogen and oxygen atoms in total. The van der Waals surface area contributed by atoms with Crippen LogP contribution in [0.1, 0.15) is 11.5 Å². The Kier molecular flexibility index (Phi) is 4.91. The molecule has 0 atom stereocenters. The van der Waals surface area contributed by atoms with Crippen LogP contribution < -0.4 is 4.72 Å². The molecule has 3 aromatic heterocycles. The van der Waals surface area contributed by atoms with Gasteiger partial charge in [0.15, 0.2) is 5.82 Å². The highest BCUT2D eigenvalue weighted by Gasteiger charge is 2.21. The molecule has 0 bridgehead atoms. The van der Waals surface area contributed by atoms with Crippen LogP contribution in [0, 0.1) is 13.8 Å². The molecule has 33 heavy (non-hydrogen) atoms. The number of nitrogens with one attached hydrogen (secondary N) is 1. The van der Waals surface area contributed by atoms with E-state index in [0.717, 1.165) is 34.0 Å². The molecule has 0 aliphatic rings. The van der Waals surface area contributed by atoms with Crippen molar-refractivity contribution in [3.05, 3.63) is 66.4 Å². The molecule has 0 amide bonds. The molecule has 5 rings (SSSR count). The van der Waals surface area contributed by atoms with Crippen LogP contribution in [0.4, 0.5) is 0 Å². The second kappa shape index (κ2) is 7.68. The molecule has 0 fully saturated rings. The smallest absolute Gasteiger partial charge is 0.240 e. The van der Waals surface area contributed by atoms with E-state index in [-0.39, 0.29) is 4.90 Å². The molecule has 0 aliphatic carbocycles. The molecule has 1 N–H and O–H groups in total. The summed E-state index contributed by atoms with van der Waals surface area (Å²) in [5, 5.41) is 4.07. The molecular weight excluding hydrogens is 440 g/mol. The van der Waals surface area contributed by atoms with Gasteiger partial charge in [-0.1, -0.05) is 17.3 Å². The third-order valence-corrected chi connectivity index (χ3v) is 7.09. The fraction of sp³-hybridized carbons (Fsp3) is 0.174. The van der Waals surface area contributed by atoms with Gasteiger partial charge in [0.2, 0.25) is 10.0 Å². The van der Waals surface area contributed by atoms with Crippen molar-refractivity contribution in [3.8, 4) is 28.3 Å². The first-order valence-corrected chi connectivity index (χ1v) is 11.7. The van der Waals surface area contributed by atoms with Crippen molar-refractivity contribution < 1.29 is 12.9 Å². The second-order valence-corrected chi connectivity index (χ2v) is 9.65. The van der Waals surface area contributed by atoms with Crippen molar-refractivity contribution in [2.75, 3.05) is 7.05 Å². The Labute approximate surface area is 190 Å². The summed E-state index contributed by atoms with van der Waals surface area (Å²) in [4.78, 5) is 9.23. The number of benzene rings is 2. The van der Waals surface area contributed by atoms with E-state index >= 15 is 0 Å². The van der Waals surface area contributed by atoms with Crippen molar-refractivity contribution in [1.82, 2.24) is 29.0 Å². The number of sulfonamides is 1. The summed E-state index contributed by atoms with van der Waals surface area (Å²) >= 11 is 0. The second-order valence-electron chi connectivity index (χ2n) is 7.77. The third kappa shape index (κ3) is 3.43. The van der Waals surface area contributed by atoms with Crippen molar-refractivity contribution in [3.63, 3.8) is 0 Å². The van der Waals surface area contributed by atoms with Crippen molar-refractivity contribution in [2.45, 2.75) is 18.7 Å². The number of imidazole rings is 2. The maximum atomic E-state index is 12.5. The van der Waals surface area contributed by atoms with Crippen molar-refractivity contribution in [1.29, 1.82) is 0 Å². The summed E-state index contributed by atoms with van der Waals surface area (Å²) in [6.07, 6.45) is 3.44. The largest absolute Gasteiger partial charge is 0.361 e. The lowest BCUT2D eigenvalue weighted by Gasteiger charge is -2.12. The van der Waals surface area contributed by atoms with Gasteiger partial charge in [0.05, 0.1) is 34.1 Å². The Morgan fingerprint density at radius 1 is 1.09 bits per heavy atom. The molecule has 3 heterocycles. The minimum atomic E-state index is -3.63. The highest BCUT2D eigenvalue weighted by molar-refractivity contribution is 7.89. The van der Waals surface area contributed by atoms with Gasteiger partial charge in [0, 0.05) is 18.3 Å². The average molecular weight is 463 g/mol. The van der Waals surface area contributed by atoms with Gasteiger partial charge in [-0.25, -0.2) is 23.1 Å². The van der Waals surface area contributed by atoms with Crippen LogP contribution >= 0.6 is 0 Å². The van der Waals surface area contributed by atoms with Crippen molar-refractivity contribution in [2.24, 2.45) is 7.05 Å². The molecule has 0 spiro atoms. The summed E-state index contributed by atoms with van der Waals surface area (Å²) in [6.45, 7) is 3.78. The first-order chi connectivity index (χ1) is 15.8. The van der Waals surface area contributed by atoms with Gasteiger partial charge < -0.3 is 9.09 Å². The Morgan fingerprint density at radius 3 is 2.58 bits per heavy atom. The third-order valence-electron chi connectivity index (χ3n) is 5.68. The summed E-state index contributed by atoms with van der Waals surface area (Å²) in [5.41, 5.74) is 5.64. The number of nitrogens with zero attached hydrogens (tertiary/aromatic N) is 5. The Morgan fingerprint density at radius 2 is 1.91 bits per heavy atom. The van der Waals surface area contributed by atoms with Gasteiger partial charge >= 0.3 is 0 Å². The van der Waals surface area contributed by atoms with Crippen LogP contribution in [0.5, 0.6) is 0 Å². The highest BCUT2D eigenvalue weighted by Crippen LogP contribution is 2.33. The van der Waals surface area contributed by atoms with E-state index < -0.39 is 10.0 Å². The lowest BCUT2D eigenvalue weighted by atomic mass is 10.0. The molecular formula is C23H22N6O3S.